The molecule has 120 valence electrons. The van der Waals surface area contributed by atoms with Gasteiger partial charge < -0.3 is 10.6 Å². The number of aromatic nitrogens is 3. The lowest BCUT2D eigenvalue weighted by atomic mass is 10.1. The van der Waals surface area contributed by atoms with Gasteiger partial charge in [-0.15, -0.1) is 0 Å². The highest BCUT2D eigenvalue weighted by Gasteiger charge is 2.22. The van der Waals surface area contributed by atoms with E-state index in [1.807, 2.05) is 12.1 Å². The molecule has 0 bridgehead atoms. The van der Waals surface area contributed by atoms with Crippen molar-refractivity contribution in [3.05, 3.63) is 48.0 Å². The minimum absolute atomic E-state index is 0.0985. The van der Waals surface area contributed by atoms with Crippen LogP contribution in [0.25, 0.3) is 0 Å². The van der Waals surface area contributed by atoms with E-state index in [1.165, 1.54) is 6.33 Å². The summed E-state index contributed by atoms with van der Waals surface area (Å²) in [6.45, 7) is 1.29. The van der Waals surface area contributed by atoms with Gasteiger partial charge >= 0.3 is 0 Å². The van der Waals surface area contributed by atoms with Gasteiger partial charge in [-0.05, 0) is 37.0 Å². The molecule has 0 radical (unpaired) electrons. The van der Waals surface area contributed by atoms with Gasteiger partial charge in [0.25, 0.3) is 5.91 Å². The lowest BCUT2D eigenvalue weighted by Gasteiger charge is -2.15. The highest BCUT2D eigenvalue weighted by molar-refractivity contribution is 5.97. The Kier molecular flexibility index (Phi) is 4.65. The van der Waals surface area contributed by atoms with Crippen LogP contribution in [0.15, 0.2) is 36.9 Å². The molecule has 1 aliphatic heterocycles. The van der Waals surface area contributed by atoms with Crippen LogP contribution in [-0.4, -0.2) is 39.2 Å². The van der Waals surface area contributed by atoms with Crippen LogP contribution in [0.1, 0.15) is 35.2 Å². The van der Waals surface area contributed by atoms with E-state index in [4.69, 9.17) is 0 Å². The van der Waals surface area contributed by atoms with Crippen LogP contribution in [0.4, 0.5) is 0 Å². The topological polar surface area (TPSA) is 88.9 Å². The monoisotopic (exact) mass is 313 g/mol. The number of amides is 2. The first-order chi connectivity index (χ1) is 11.2. The summed E-state index contributed by atoms with van der Waals surface area (Å²) in [7, 11) is 0. The molecule has 1 aromatic heterocycles. The minimum atomic E-state index is -0.445. The predicted molar refractivity (Wildman–Crippen MR) is 83.7 cm³/mol. The largest absolute Gasteiger partial charge is 0.354 e. The number of carbonyl (C=O) groups is 2. The van der Waals surface area contributed by atoms with E-state index >= 15 is 0 Å². The van der Waals surface area contributed by atoms with E-state index in [0.29, 0.717) is 25.1 Å². The van der Waals surface area contributed by atoms with Gasteiger partial charge in [-0.1, -0.05) is 12.1 Å². The van der Waals surface area contributed by atoms with Crippen molar-refractivity contribution in [2.24, 2.45) is 0 Å². The molecule has 1 aliphatic rings. The Morgan fingerprint density at radius 3 is 2.87 bits per heavy atom. The standard InChI is InChI=1S/C16H19N5O2/c22-15(20-14-3-1-2-8-18-16(14)23)13-6-4-12(5-7-13)9-21-11-17-10-19-21/h4-7,10-11,14H,1-3,8-9H2,(H,18,23)(H,20,22)/t14-/m0/s1. The summed E-state index contributed by atoms with van der Waals surface area (Å²) in [5, 5.41) is 9.67. The fraction of sp³-hybridized carbons (Fsp3) is 0.375. The molecule has 2 aromatic rings. The summed E-state index contributed by atoms with van der Waals surface area (Å²) < 4.78 is 1.71. The molecule has 1 aromatic carbocycles. The van der Waals surface area contributed by atoms with E-state index in [2.05, 4.69) is 20.7 Å². The Morgan fingerprint density at radius 2 is 2.13 bits per heavy atom. The van der Waals surface area contributed by atoms with Crippen LogP contribution in [-0.2, 0) is 11.3 Å². The number of hydrogen-bond acceptors (Lipinski definition) is 4. The SMILES string of the molecule is O=C(N[C@H]1CCCCNC1=O)c1ccc(Cn2cncn2)cc1. The van der Waals surface area contributed by atoms with Crippen molar-refractivity contribution < 1.29 is 9.59 Å². The summed E-state index contributed by atoms with van der Waals surface area (Å²) in [5.41, 5.74) is 1.57. The number of hydrogen-bond donors (Lipinski definition) is 2. The normalized spacial score (nSPS) is 18.1. The van der Waals surface area contributed by atoms with Gasteiger partial charge in [0.15, 0.2) is 0 Å². The summed E-state index contributed by atoms with van der Waals surface area (Å²) in [5.74, 6) is -0.321. The molecule has 0 saturated carbocycles. The van der Waals surface area contributed by atoms with Crippen LogP contribution in [0, 0.1) is 0 Å². The van der Waals surface area contributed by atoms with Gasteiger partial charge in [0.1, 0.15) is 18.7 Å². The van der Waals surface area contributed by atoms with Crippen LogP contribution in [0.2, 0.25) is 0 Å². The predicted octanol–water partition coefficient (Wildman–Crippen LogP) is 0.725. The molecule has 2 N–H and O–H groups in total. The fourth-order valence-corrected chi connectivity index (χ4v) is 2.58. The van der Waals surface area contributed by atoms with Crippen molar-refractivity contribution in [3.8, 4) is 0 Å². The number of nitrogens with one attached hydrogen (secondary N) is 2. The number of carbonyl (C=O) groups excluding carboxylic acids is 2. The Bertz CT molecular complexity index is 666. The van der Waals surface area contributed by atoms with Crippen LogP contribution in [0.3, 0.4) is 0 Å². The molecule has 0 aliphatic carbocycles. The van der Waals surface area contributed by atoms with E-state index in [0.717, 1.165) is 18.4 Å². The molecule has 23 heavy (non-hydrogen) atoms. The van der Waals surface area contributed by atoms with Crippen LogP contribution in [0.5, 0.6) is 0 Å². The van der Waals surface area contributed by atoms with E-state index in [1.54, 1.807) is 23.1 Å². The maximum Gasteiger partial charge on any atom is 0.251 e. The third kappa shape index (κ3) is 3.94. The van der Waals surface area contributed by atoms with Gasteiger partial charge in [-0.3, -0.25) is 9.59 Å². The molecular weight excluding hydrogens is 294 g/mol. The molecule has 2 heterocycles. The minimum Gasteiger partial charge on any atom is -0.354 e. The molecular formula is C16H19N5O2. The van der Waals surface area contributed by atoms with Crippen molar-refractivity contribution in [3.63, 3.8) is 0 Å². The maximum absolute atomic E-state index is 12.3. The van der Waals surface area contributed by atoms with Crippen molar-refractivity contribution in [1.29, 1.82) is 0 Å². The van der Waals surface area contributed by atoms with Crippen molar-refractivity contribution in [2.75, 3.05) is 6.54 Å². The van der Waals surface area contributed by atoms with Crippen molar-refractivity contribution >= 4 is 11.8 Å². The zero-order valence-corrected chi connectivity index (χ0v) is 12.7. The average Bonchev–Trinajstić information content (AvgIpc) is 2.98. The summed E-state index contributed by atoms with van der Waals surface area (Å²) in [6, 6.07) is 6.83. The first kappa shape index (κ1) is 15.2. The van der Waals surface area contributed by atoms with Gasteiger partial charge in [-0.2, -0.15) is 5.10 Å². The molecule has 7 heteroatoms. The molecule has 1 atom stereocenters. The molecule has 0 unspecified atom stereocenters. The Balaban J connectivity index is 1.62. The highest BCUT2D eigenvalue weighted by Crippen LogP contribution is 2.09. The fourth-order valence-electron chi connectivity index (χ4n) is 2.58. The van der Waals surface area contributed by atoms with Crippen molar-refractivity contribution in [2.45, 2.75) is 31.8 Å². The molecule has 3 rings (SSSR count). The van der Waals surface area contributed by atoms with E-state index < -0.39 is 6.04 Å². The van der Waals surface area contributed by atoms with E-state index in [-0.39, 0.29) is 11.8 Å². The molecule has 2 amide bonds. The number of nitrogens with zero attached hydrogens (tertiary/aromatic N) is 3. The van der Waals surface area contributed by atoms with Gasteiger partial charge in [0, 0.05) is 12.1 Å². The van der Waals surface area contributed by atoms with Crippen LogP contribution >= 0.6 is 0 Å². The van der Waals surface area contributed by atoms with Gasteiger partial charge in [-0.25, -0.2) is 9.67 Å². The maximum atomic E-state index is 12.3. The molecule has 1 fully saturated rings. The number of benzene rings is 1. The zero-order valence-electron chi connectivity index (χ0n) is 12.7. The zero-order chi connectivity index (χ0) is 16.1. The second-order valence-electron chi connectivity index (χ2n) is 5.60. The van der Waals surface area contributed by atoms with E-state index in [9.17, 15) is 9.59 Å². The molecule has 7 nitrogen and oxygen atoms in total. The smallest absolute Gasteiger partial charge is 0.251 e. The summed E-state index contributed by atoms with van der Waals surface area (Å²) >= 11 is 0. The third-order valence-corrected chi connectivity index (χ3v) is 3.87. The first-order valence-corrected chi connectivity index (χ1v) is 7.72. The average molecular weight is 313 g/mol. The Morgan fingerprint density at radius 1 is 1.30 bits per heavy atom. The lowest BCUT2D eigenvalue weighted by molar-refractivity contribution is -0.122. The molecule has 0 spiro atoms. The summed E-state index contributed by atoms with van der Waals surface area (Å²) in [6.07, 6.45) is 5.70. The third-order valence-electron chi connectivity index (χ3n) is 3.87. The van der Waals surface area contributed by atoms with Gasteiger partial charge in [0.05, 0.1) is 6.54 Å². The van der Waals surface area contributed by atoms with Crippen molar-refractivity contribution in [1.82, 2.24) is 25.4 Å². The summed E-state index contributed by atoms with van der Waals surface area (Å²) in [4.78, 5) is 28.0. The molecule has 1 saturated heterocycles. The lowest BCUT2D eigenvalue weighted by Crippen LogP contribution is -2.45. The van der Waals surface area contributed by atoms with Crippen LogP contribution < -0.4 is 10.6 Å². The Hall–Kier alpha value is -2.70. The highest BCUT2D eigenvalue weighted by atomic mass is 16.2. The Labute approximate surface area is 134 Å². The number of rotatable bonds is 4. The second kappa shape index (κ2) is 7.04. The quantitative estimate of drug-likeness (QED) is 0.870. The second-order valence-corrected chi connectivity index (χ2v) is 5.60. The first-order valence-electron chi connectivity index (χ1n) is 7.72. The van der Waals surface area contributed by atoms with Gasteiger partial charge in [0.2, 0.25) is 5.91 Å².